The maximum absolute atomic E-state index is 12.5. The Hall–Kier alpha value is -2.70. The van der Waals surface area contributed by atoms with E-state index in [0.717, 1.165) is 12.8 Å². The molecule has 7 nitrogen and oxygen atoms in total. The van der Waals surface area contributed by atoms with E-state index in [0.29, 0.717) is 43.1 Å². The summed E-state index contributed by atoms with van der Waals surface area (Å²) < 4.78 is 0. The molecular weight excluding hydrogens is 384 g/mol. The van der Waals surface area contributed by atoms with Gasteiger partial charge in [-0.25, -0.2) is 4.79 Å². The molecule has 3 amide bonds. The maximum atomic E-state index is 12.5. The van der Waals surface area contributed by atoms with Crippen molar-refractivity contribution in [3.8, 4) is 0 Å². The lowest BCUT2D eigenvalue weighted by molar-refractivity contribution is -0.175. The first-order valence-electron chi connectivity index (χ1n) is 11.0. The van der Waals surface area contributed by atoms with Crippen LogP contribution in [0.4, 0.5) is 0 Å². The molecule has 0 saturated heterocycles. The molecule has 0 bridgehead atoms. The average Bonchev–Trinajstić information content (AvgIpc) is 3.00. The molecule has 0 atom stereocenters. The summed E-state index contributed by atoms with van der Waals surface area (Å²) in [7, 11) is 0. The van der Waals surface area contributed by atoms with Gasteiger partial charge in [0.15, 0.2) is 0 Å². The molecule has 160 valence electrons. The van der Waals surface area contributed by atoms with Gasteiger partial charge in [-0.15, -0.1) is 0 Å². The van der Waals surface area contributed by atoms with Crippen molar-refractivity contribution in [3.63, 3.8) is 0 Å². The average molecular weight is 412 g/mol. The van der Waals surface area contributed by atoms with Crippen LogP contribution in [0.25, 0.3) is 0 Å². The quantitative estimate of drug-likeness (QED) is 0.749. The van der Waals surface area contributed by atoms with Gasteiger partial charge in [0.2, 0.25) is 5.91 Å². The van der Waals surface area contributed by atoms with E-state index in [1.165, 1.54) is 19.3 Å². The van der Waals surface area contributed by atoms with Crippen molar-refractivity contribution in [1.82, 2.24) is 10.4 Å². The van der Waals surface area contributed by atoms with Gasteiger partial charge in [-0.1, -0.05) is 36.5 Å². The second-order valence-electron chi connectivity index (χ2n) is 8.68. The van der Waals surface area contributed by atoms with E-state index in [9.17, 15) is 19.2 Å². The Kier molecular flexibility index (Phi) is 6.16. The molecule has 1 aromatic carbocycles. The van der Waals surface area contributed by atoms with E-state index in [4.69, 9.17) is 4.84 Å². The highest BCUT2D eigenvalue weighted by molar-refractivity contribution is 6.20. The summed E-state index contributed by atoms with van der Waals surface area (Å²) >= 11 is 0. The topological polar surface area (TPSA) is 92.8 Å². The predicted molar refractivity (Wildman–Crippen MR) is 108 cm³/mol. The highest BCUT2D eigenvalue weighted by Crippen LogP contribution is 2.29. The Labute approximate surface area is 176 Å². The highest BCUT2D eigenvalue weighted by Gasteiger charge is 2.40. The molecule has 1 aliphatic heterocycles. The summed E-state index contributed by atoms with van der Waals surface area (Å²) in [6.07, 6.45) is 9.12. The summed E-state index contributed by atoms with van der Waals surface area (Å²) in [6, 6.07) is 6.50. The Balaban J connectivity index is 1.23. The van der Waals surface area contributed by atoms with E-state index >= 15 is 0 Å². The standard InChI is InChI=1S/C23H28N2O5/c26-20(14-15-6-2-1-3-7-15)24-17-12-10-16(11-13-17)23(29)30-25-21(27)18-8-4-5-9-19(18)22(25)28/h4-5,8-9,15-17H,1-3,6-7,10-14H2,(H,24,26). The number of imide groups is 1. The minimum absolute atomic E-state index is 0.0736. The molecule has 2 saturated carbocycles. The van der Waals surface area contributed by atoms with Gasteiger partial charge in [0.25, 0.3) is 11.8 Å². The third kappa shape index (κ3) is 4.40. The minimum atomic E-state index is -0.604. The van der Waals surface area contributed by atoms with E-state index in [-0.39, 0.29) is 29.0 Å². The van der Waals surface area contributed by atoms with Crippen LogP contribution in [0.15, 0.2) is 24.3 Å². The van der Waals surface area contributed by atoms with Crippen molar-refractivity contribution in [2.45, 2.75) is 70.3 Å². The number of carbonyl (C=O) groups excluding carboxylic acids is 4. The predicted octanol–water partition coefficient (Wildman–Crippen LogP) is 3.39. The summed E-state index contributed by atoms with van der Waals surface area (Å²) in [6.45, 7) is 0. The van der Waals surface area contributed by atoms with Crippen LogP contribution in [0, 0.1) is 11.8 Å². The van der Waals surface area contributed by atoms with Crippen molar-refractivity contribution in [3.05, 3.63) is 35.4 Å². The number of carbonyl (C=O) groups is 4. The van der Waals surface area contributed by atoms with Crippen LogP contribution in [0.2, 0.25) is 0 Å². The first-order valence-corrected chi connectivity index (χ1v) is 11.0. The lowest BCUT2D eigenvalue weighted by atomic mass is 9.85. The van der Waals surface area contributed by atoms with Gasteiger partial charge in [0, 0.05) is 12.5 Å². The Morgan fingerprint density at radius 3 is 2.10 bits per heavy atom. The largest absolute Gasteiger partial charge is 0.353 e. The molecule has 0 aromatic heterocycles. The van der Waals surface area contributed by atoms with E-state index in [2.05, 4.69) is 5.32 Å². The Bertz CT molecular complexity index is 803. The van der Waals surface area contributed by atoms with Crippen LogP contribution in [-0.4, -0.2) is 34.8 Å². The molecule has 30 heavy (non-hydrogen) atoms. The van der Waals surface area contributed by atoms with Gasteiger partial charge < -0.3 is 10.2 Å². The fourth-order valence-electron chi connectivity index (χ4n) is 4.83. The third-order valence-electron chi connectivity index (χ3n) is 6.56. The van der Waals surface area contributed by atoms with E-state index in [1.807, 2.05) is 0 Å². The second-order valence-corrected chi connectivity index (χ2v) is 8.68. The van der Waals surface area contributed by atoms with Gasteiger partial charge in [0.1, 0.15) is 0 Å². The van der Waals surface area contributed by atoms with Gasteiger partial charge in [-0.3, -0.25) is 14.4 Å². The van der Waals surface area contributed by atoms with Crippen molar-refractivity contribution >= 4 is 23.7 Å². The van der Waals surface area contributed by atoms with Gasteiger partial charge in [-0.05, 0) is 56.6 Å². The summed E-state index contributed by atoms with van der Waals surface area (Å²) in [5.41, 5.74) is 0.499. The van der Waals surface area contributed by atoms with Crippen LogP contribution in [-0.2, 0) is 14.4 Å². The third-order valence-corrected chi connectivity index (χ3v) is 6.56. The fraction of sp³-hybridized carbons (Fsp3) is 0.565. The zero-order valence-electron chi connectivity index (χ0n) is 17.1. The summed E-state index contributed by atoms with van der Waals surface area (Å²) in [5, 5.41) is 3.69. The molecule has 3 aliphatic rings. The van der Waals surface area contributed by atoms with Gasteiger partial charge in [-0.2, -0.15) is 0 Å². The second kappa shape index (κ2) is 8.98. The first-order chi connectivity index (χ1) is 14.5. The van der Waals surface area contributed by atoms with Crippen LogP contribution in [0.3, 0.4) is 0 Å². The van der Waals surface area contributed by atoms with Crippen molar-refractivity contribution in [2.75, 3.05) is 0 Å². The normalized spacial score (nSPS) is 24.5. The minimum Gasteiger partial charge on any atom is -0.353 e. The number of benzene rings is 1. The molecule has 1 heterocycles. The number of fused-ring (bicyclic) bond motifs is 1. The molecule has 2 aliphatic carbocycles. The van der Waals surface area contributed by atoms with Crippen molar-refractivity contribution in [2.24, 2.45) is 11.8 Å². The number of nitrogens with zero attached hydrogens (tertiary/aromatic N) is 1. The zero-order chi connectivity index (χ0) is 21.1. The monoisotopic (exact) mass is 412 g/mol. The molecule has 1 aromatic rings. The summed E-state index contributed by atoms with van der Waals surface area (Å²) in [5.74, 6) is -1.53. The van der Waals surface area contributed by atoms with Crippen LogP contribution in [0.5, 0.6) is 0 Å². The Morgan fingerprint density at radius 2 is 1.50 bits per heavy atom. The van der Waals surface area contributed by atoms with Gasteiger partial charge in [0.05, 0.1) is 17.0 Å². The molecule has 4 rings (SSSR count). The van der Waals surface area contributed by atoms with Gasteiger partial charge >= 0.3 is 5.97 Å². The SMILES string of the molecule is O=C(CC1CCCCC1)NC1CCC(C(=O)ON2C(=O)c3ccccc3C2=O)CC1. The molecule has 0 radical (unpaired) electrons. The number of hydrogen-bond acceptors (Lipinski definition) is 5. The maximum Gasteiger partial charge on any atom is 0.336 e. The van der Waals surface area contributed by atoms with E-state index in [1.54, 1.807) is 24.3 Å². The smallest absolute Gasteiger partial charge is 0.336 e. The lowest BCUT2D eigenvalue weighted by Crippen LogP contribution is -2.41. The van der Waals surface area contributed by atoms with Crippen molar-refractivity contribution < 1.29 is 24.0 Å². The number of nitrogens with one attached hydrogen (secondary N) is 1. The van der Waals surface area contributed by atoms with E-state index < -0.39 is 17.8 Å². The fourth-order valence-corrected chi connectivity index (χ4v) is 4.83. The number of hydroxylamine groups is 2. The molecular formula is C23H28N2O5. The Morgan fingerprint density at radius 1 is 0.900 bits per heavy atom. The van der Waals surface area contributed by atoms with Crippen LogP contribution >= 0.6 is 0 Å². The molecule has 0 spiro atoms. The molecule has 2 fully saturated rings. The molecule has 7 heteroatoms. The van der Waals surface area contributed by atoms with Crippen LogP contribution in [0.1, 0.15) is 84.9 Å². The number of hydrogen-bond donors (Lipinski definition) is 1. The lowest BCUT2D eigenvalue weighted by Gasteiger charge is -2.29. The highest BCUT2D eigenvalue weighted by atomic mass is 16.7. The number of amides is 3. The summed E-state index contributed by atoms with van der Waals surface area (Å²) in [4.78, 5) is 54.7. The first kappa shape index (κ1) is 20.6. The van der Waals surface area contributed by atoms with Crippen LogP contribution < -0.4 is 5.32 Å². The molecule has 1 N–H and O–H groups in total. The zero-order valence-corrected chi connectivity index (χ0v) is 17.1. The number of rotatable bonds is 5. The van der Waals surface area contributed by atoms with Crippen molar-refractivity contribution in [1.29, 1.82) is 0 Å². The molecule has 0 unspecified atom stereocenters.